The number of likely N-dealkylation sites (tertiary alicyclic amines) is 1. The molecule has 1 amide bonds. The molecule has 4 rings (SSSR count). The van der Waals surface area contributed by atoms with Gasteiger partial charge in [0.15, 0.2) is 5.65 Å². The number of hydrogen-bond acceptors (Lipinski definition) is 3. The second-order valence-corrected chi connectivity index (χ2v) is 6.06. The maximum Gasteiger partial charge on any atom is 0.272 e. The molecular weight excluding hydrogens is 311 g/mol. The summed E-state index contributed by atoms with van der Waals surface area (Å²) in [6.07, 6.45) is 0.369. The first kappa shape index (κ1) is 14.6. The zero-order chi connectivity index (χ0) is 16.8. The van der Waals surface area contributed by atoms with Gasteiger partial charge in [0, 0.05) is 38.1 Å². The third-order valence-electron chi connectivity index (χ3n) is 4.38. The van der Waals surface area contributed by atoms with Crippen LogP contribution in [-0.2, 0) is 4.79 Å². The summed E-state index contributed by atoms with van der Waals surface area (Å²) in [6, 6.07) is 9.21. The summed E-state index contributed by atoms with van der Waals surface area (Å²) in [6.45, 7) is 0.566. The normalized spacial score (nSPS) is 17.8. The minimum atomic E-state index is -0.317. The predicted octanol–water partition coefficient (Wildman–Crippen LogP) is 1.77. The molecule has 0 radical (unpaired) electrons. The van der Waals surface area contributed by atoms with E-state index in [0.29, 0.717) is 30.0 Å². The van der Waals surface area contributed by atoms with Gasteiger partial charge in [0.25, 0.3) is 5.56 Å². The van der Waals surface area contributed by atoms with Crippen molar-refractivity contribution in [1.82, 2.24) is 19.5 Å². The summed E-state index contributed by atoms with van der Waals surface area (Å²) in [7, 11) is 1.75. The maximum atomic E-state index is 13.1. The number of aromatic amines is 1. The molecule has 0 aliphatic carbocycles. The number of nitrogens with zero attached hydrogens (tertiary/aromatic N) is 3. The molecule has 0 bridgehead atoms. The largest absolute Gasteiger partial charge is 0.345 e. The van der Waals surface area contributed by atoms with Gasteiger partial charge in [0.1, 0.15) is 5.82 Å². The van der Waals surface area contributed by atoms with Crippen molar-refractivity contribution in [2.75, 3.05) is 13.6 Å². The molecular formula is C17H15FN4O2. The summed E-state index contributed by atoms with van der Waals surface area (Å²) in [5.74, 6) is -0.324. The van der Waals surface area contributed by atoms with Crippen LogP contribution < -0.4 is 5.56 Å². The highest BCUT2D eigenvalue weighted by atomic mass is 19.1. The Labute approximate surface area is 136 Å². The highest BCUT2D eigenvalue weighted by Crippen LogP contribution is 2.26. The number of amides is 1. The summed E-state index contributed by atoms with van der Waals surface area (Å²) >= 11 is 0. The fourth-order valence-electron chi connectivity index (χ4n) is 3.06. The van der Waals surface area contributed by atoms with E-state index in [0.717, 1.165) is 5.56 Å². The Hall–Kier alpha value is -2.96. The topological polar surface area (TPSA) is 70.5 Å². The van der Waals surface area contributed by atoms with Gasteiger partial charge in [-0.2, -0.15) is 0 Å². The van der Waals surface area contributed by atoms with E-state index in [1.54, 1.807) is 30.1 Å². The molecule has 1 fully saturated rings. The van der Waals surface area contributed by atoms with Gasteiger partial charge in [-0.3, -0.25) is 14.7 Å². The number of fused-ring (bicyclic) bond motifs is 1. The van der Waals surface area contributed by atoms with E-state index in [9.17, 15) is 14.0 Å². The third-order valence-corrected chi connectivity index (χ3v) is 4.38. The summed E-state index contributed by atoms with van der Waals surface area (Å²) in [5, 5.41) is 2.98. The van der Waals surface area contributed by atoms with E-state index in [1.807, 2.05) is 0 Å². The van der Waals surface area contributed by atoms with Gasteiger partial charge in [-0.15, -0.1) is 0 Å². The lowest BCUT2D eigenvalue weighted by Gasteiger charge is -2.09. The number of aromatic nitrogens is 3. The molecule has 1 N–H and O–H groups in total. The van der Waals surface area contributed by atoms with Gasteiger partial charge in [0.2, 0.25) is 5.91 Å². The standard InChI is InChI=1S/C17H15FN4O2/c1-21-9-11(6-16(21)23)13-8-17(24)22-15(19-13)7-14(20-22)10-2-4-12(18)5-3-10/h2-5,7-8,11,20H,6,9H2,1H3. The van der Waals surface area contributed by atoms with Gasteiger partial charge in [0.05, 0.1) is 11.4 Å². The Morgan fingerprint density at radius 3 is 2.62 bits per heavy atom. The summed E-state index contributed by atoms with van der Waals surface area (Å²) < 4.78 is 14.4. The molecule has 122 valence electrons. The van der Waals surface area contributed by atoms with E-state index in [2.05, 4.69) is 10.1 Å². The van der Waals surface area contributed by atoms with Crippen LogP contribution in [0.1, 0.15) is 18.0 Å². The number of H-pyrrole nitrogens is 1. The number of likely N-dealkylation sites (N-methyl/N-ethyl adjacent to an activating group) is 1. The molecule has 1 saturated heterocycles. The molecule has 3 aromatic rings. The van der Waals surface area contributed by atoms with Crippen LogP contribution in [0.2, 0.25) is 0 Å². The van der Waals surface area contributed by atoms with Crippen LogP contribution in [0.15, 0.2) is 41.2 Å². The van der Waals surface area contributed by atoms with Gasteiger partial charge in [-0.05, 0) is 29.8 Å². The van der Waals surface area contributed by atoms with Crippen LogP contribution in [-0.4, -0.2) is 39.0 Å². The molecule has 0 saturated carbocycles. The number of hydrogen-bond donors (Lipinski definition) is 1. The van der Waals surface area contributed by atoms with Crippen molar-refractivity contribution in [3.63, 3.8) is 0 Å². The SMILES string of the molecule is CN1CC(c2cc(=O)n3[nH]c(-c4ccc(F)cc4)cc3n2)CC1=O. The maximum absolute atomic E-state index is 13.1. The van der Waals surface area contributed by atoms with Crippen LogP contribution in [0, 0.1) is 5.82 Å². The van der Waals surface area contributed by atoms with E-state index in [1.165, 1.54) is 22.7 Å². The van der Waals surface area contributed by atoms with E-state index in [-0.39, 0.29) is 23.2 Å². The van der Waals surface area contributed by atoms with Gasteiger partial charge in [-0.25, -0.2) is 13.9 Å². The smallest absolute Gasteiger partial charge is 0.272 e. The van der Waals surface area contributed by atoms with Gasteiger partial charge in [-0.1, -0.05) is 0 Å². The zero-order valence-electron chi connectivity index (χ0n) is 13.0. The van der Waals surface area contributed by atoms with Crippen LogP contribution in [0.25, 0.3) is 16.9 Å². The molecule has 1 aromatic carbocycles. The lowest BCUT2D eigenvalue weighted by atomic mass is 10.0. The number of halogens is 1. The molecule has 24 heavy (non-hydrogen) atoms. The second-order valence-electron chi connectivity index (χ2n) is 6.06. The molecule has 1 aliphatic heterocycles. The first-order valence-corrected chi connectivity index (χ1v) is 7.64. The van der Waals surface area contributed by atoms with Crippen molar-refractivity contribution in [2.45, 2.75) is 12.3 Å². The van der Waals surface area contributed by atoms with Crippen LogP contribution in [0.3, 0.4) is 0 Å². The molecule has 1 unspecified atom stereocenters. The van der Waals surface area contributed by atoms with Crippen molar-refractivity contribution in [1.29, 1.82) is 0 Å². The Bertz CT molecular complexity index is 990. The number of nitrogens with one attached hydrogen (secondary N) is 1. The molecule has 7 heteroatoms. The van der Waals surface area contributed by atoms with Crippen LogP contribution in [0.4, 0.5) is 4.39 Å². The Morgan fingerprint density at radius 2 is 1.96 bits per heavy atom. The Morgan fingerprint density at radius 1 is 1.21 bits per heavy atom. The highest BCUT2D eigenvalue weighted by molar-refractivity contribution is 5.79. The number of carbonyl (C=O) groups is 1. The zero-order valence-corrected chi connectivity index (χ0v) is 13.0. The van der Waals surface area contributed by atoms with Crippen molar-refractivity contribution < 1.29 is 9.18 Å². The molecule has 0 spiro atoms. The monoisotopic (exact) mass is 326 g/mol. The summed E-state index contributed by atoms with van der Waals surface area (Å²) in [4.78, 5) is 30.2. The molecule has 3 heterocycles. The average Bonchev–Trinajstić information content (AvgIpc) is 3.12. The Balaban J connectivity index is 1.77. The first-order valence-electron chi connectivity index (χ1n) is 7.64. The van der Waals surface area contributed by atoms with Gasteiger partial charge < -0.3 is 4.90 Å². The van der Waals surface area contributed by atoms with Crippen molar-refractivity contribution in [3.05, 3.63) is 58.3 Å². The quantitative estimate of drug-likeness (QED) is 0.780. The Kier molecular flexibility index (Phi) is 3.23. The first-order chi connectivity index (χ1) is 11.5. The molecule has 2 aromatic heterocycles. The van der Waals surface area contributed by atoms with Gasteiger partial charge >= 0.3 is 0 Å². The lowest BCUT2D eigenvalue weighted by molar-refractivity contribution is -0.126. The van der Waals surface area contributed by atoms with Crippen LogP contribution in [0.5, 0.6) is 0 Å². The fourth-order valence-corrected chi connectivity index (χ4v) is 3.06. The second kappa shape index (κ2) is 5.30. The third kappa shape index (κ3) is 2.38. The highest BCUT2D eigenvalue weighted by Gasteiger charge is 2.29. The molecule has 1 atom stereocenters. The van der Waals surface area contributed by atoms with E-state index in [4.69, 9.17) is 0 Å². The minimum absolute atomic E-state index is 0.0584. The number of rotatable bonds is 2. The van der Waals surface area contributed by atoms with Crippen molar-refractivity contribution in [3.8, 4) is 11.3 Å². The predicted molar refractivity (Wildman–Crippen MR) is 86.2 cm³/mol. The molecule has 1 aliphatic rings. The summed E-state index contributed by atoms with van der Waals surface area (Å²) in [5.41, 5.74) is 2.32. The van der Waals surface area contributed by atoms with Crippen molar-refractivity contribution >= 4 is 11.6 Å². The van der Waals surface area contributed by atoms with Crippen molar-refractivity contribution in [2.24, 2.45) is 0 Å². The molecule has 6 nitrogen and oxygen atoms in total. The number of carbonyl (C=O) groups excluding carboxylic acids is 1. The fraction of sp³-hybridized carbons (Fsp3) is 0.235. The minimum Gasteiger partial charge on any atom is -0.345 e. The number of benzene rings is 1. The average molecular weight is 326 g/mol. The van der Waals surface area contributed by atoms with E-state index >= 15 is 0 Å². The van der Waals surface area contributed by atoms with E-state index < -0.39 is 0 Å². The van der Waals surface area contributed by atoms with Crippen LogP contribution >= 0.6 is 0 Å². The lowest BCUT2D eigenvalue weighted by Crippen LogP contribution is -2.20.